The molecule has 0 bridgehead atoms. The molecule has 0 atom stereocenters. The SMILES string of the molecule is Cc1c(O)cc2c3c1cc(C(=O)NC=NN)n3CCCCC2=O. The van der Waals surface area contributed by atoms with E-state index in [0.29, 0.717) is 40.7 Å². The first-order chi connectivity index (χ1) is 11.0. The standard InChI is InChI=1S/C16H18N4O3/c1-9-10-6-12(16(23)18-8-19-17)20-5-3-2-4-13(21)11(15(10)20)7-14(9)22/h6-8,22H,2-5,17H2,1H3,(H,18,19,23). The molecule has 1 aromatic carbocycles. The Hall–Kier alpha value is -2.83. The summed E-state index contributed by atoms with van der Waals surface area (Å²) >= 11 is 0. The van der Waals surface area contributed by atoms with Crippen LogP contribution in [0.2, 0.25) is 0 Å². The average Bonchev–Trinajstić information content (AvgIpc) is 2.90. The topological polar surface area (TPSA) is 110 Å². The van der Waals surface area contributed by atoms with E-state index in [1.807, 2.05) is 4.57 Å². The molecule has 23 heavy (non-hydrogen) atoms. The maximum absolute atomic E-state index is 12.4. The number of nitrogens with one attached hydrogen (secondary N) is 1. The Kier molecular flexibility index (Phi) is 3.77. The molecule has 1 amide bonds. The molecule has 0 saturated carbocycles. The largest absolute Gasteiger partial charge is 0.508 e. The Morgan fingerprint density at radius 1 is 1.43 bits per heavy atom. The Morgan fingerprint density at radius 2 is 2.22 bits per heavy atom. The van der Waals surface area contributed by atoms with Crippen molar-refractivity contribution in [3.05, 3.63) is 29.0 Å². The fraction of sp³-hybridized carbons (Fsp3) is 0.312. The summed E-state index contributed by atoms with van der Waals surface area (Å²) in [5.74, 6) is 4.71. The highest BCUT2D eigenvalue weighted by molar-refractivity contribution is 6.12. The van der Waals surface area contributed by atoms with E-state index in [2.05, 4.69) is 10.4 Å². The zero-order valence-corrected chi connectivity index (χ0v) is 12.8. The summed E-state index contributed by atoms with van der Waals surface area (Å²) in [7, 11) is 0. The molecule has 7 nitrogen and oxygen atoms in total. The highest BCUT2D eigenvalue weighted by atomic mass is 16.3. The third-order valence-corrected chi connectivity index (χ3v) is 4.26. The molecule has 1 aliphatic heterocycles. The van der Waals surface area contributed by atoms with Gasteiger partial charge in [-0.05, 0) is 31.9 Å². The van der Waals surface area contributed by atoms with E-state index in [0.717, 1.165) is 19.2 Å². The first-order valence-electron chi connectivity index (χ1n) is 7.46. The van der Waals surface area contributed by atoms with E-state index in [1.165, 1.54) is 6.07 Å². The minimum atomic E-state index is -0.353. The predicted molar refractivity (Wildman–Crippen MR) is 86.7 cm³/mol. The Morgan fingerprint density at radius 3 is 2.96 bits per heavy atom. The van der Waals surface area contributed by atoms with E-state index in [1.54, 1.807) is 13.0 Å². The molecule has 120 valence electrons. The smallest absolute Gasteiger partial charge is 0.273 e. The van der Waals surface area contributed by atoms with Gasteiger partial charge in [-0.15, -0.1) is 0 Å². The van der Waals surface area contributed by atoms with Crippen molar-refractivity contribution in [3.8, 4) is 5.75 Å². The van der Waals surface area contributed by atoms with Crippen LogP contribution >= 0.6 is 0 Å². The normalized spacial score (nSPS) is 14.9. The number of nitrogens with zero attached hydrogens (tertiary/aromatic N) is 2. The predicted octanol–water partition coefficient (Wildman–Crippen LogP) is 1.65. The maximum Gasteiger partial charge on any atom is 0.273 e. The van der Waals surface area contributed by atoms with Gasteiger partial charge < -0.3 is 20.8 Å². The number of aromatic nitrogens is 1. The Bertz CT molecular complexity index is 836. The number of rotatable bonds is 2. The summed E-state index contributed by atoms with van der Waals surface area (Å²) in [5.41, 5.74) is 2.25. The minimum absolute atomic E-state index is 0.0140. The van der Waals surface area contributed by atoms with E-state index in [4.69, 9.17) is 5.84 Å². The highest BCUT2D eigenvalue weighted by Gasteiger charge is 2.24. The van der Waals surface area contributed by atoms with Crippen molar-refractivity contribution >= 4 is 28.9 Å². The van der Waals surface area contributed by atoms with Gasteiger partial charge in [0.15, 0.2) is 5.78 Å². The second-order valence-electron chi connectivity index (χ2n) is 5.64. The number of phenolic OH excluding ortho intramolecular Hbond substituents is 1. The van der Waals surface area contributed by atoms with Crippen LogP contribution in [-0.4, -0.2) is 27.7 Å². The van der Waals surface area contributed by atoms with Gasteiger partial charge in [0.2, 0.25) is 0 Å². The number of Topliss-reactive ketones (excluding diaryl/α,β-unsaturated/α-hetero) is 1. The van der Waals surface area contributed by atoms with Crippen LogP contribution in [0.15, 0.2) is 17.2 Å². The van der Waals surface area contributed by atoms with Gasteiger partial charge >= 0.3 is 0 Å². The number of nitrogens with two attached hydrogens (primary N) is 1. The molecule has 2 heterocycles. The highest BCUT2D eigenvalue weighted by Crippen LogP contribution is 2.34. The van der Waals surface area contributed by atoms with Gasteiger partial charge in [-0.2, -0.15) is 5.10 Å². The van der Waals surface area contributed by atoms with Gasteiger partial charge in [-0.3, -0.25) is 9.59 Å². The first-order valence-corrected chi connectivity index (χ1v) is 7.46. The molecule has 0 unspecified atom stereocenters. The molecule has 0 fully saturated rings. The van der Waals surface area contributed by atoms with Gasteiger partial charge in [0.25, 0.3) is 5.91 Å². The minimum Gasteiger partial charge on any atom is -0.508 e. The number of aryl methyl sites for hydroxylation is 2. The van der Waals surface area contributed by atoms with Gasteiger partial charge in [-0.1, -0.05) is 0 Å². The van der Waals surface area contributed by atoms with E-state index < -0.39 is 0 Å². The van der Waals surface area contributed by atoms with Crippen molar-refractivity contribution < 1.29 is 14.7 Å². The Balaban J connectivity index is 2.30. The van der Waals surface area contributed by atoms with Crippen LogP contribution < -0.4 is 11.2 Å². The summed E-state index contributed by atoms with van der Waals surface area (Å²) in [6.07, 6.45) is 3.12. The summed E-state index contributed by atoms with van der Waals surface area (Å²) in [6, 6.07) is 3.21. The van der Waals surface area contributed by atoms with Crippen LogP contribution in [-0.2, 0) is 6.54 Å². The molecule has 3 rings (SSSR count). The van der Waals surface area contributed by atoms with Crippen LogP contribution in [0.3, 0.4) is 0 Å². The third-order valence-electron chi connectivity index (χ3n) is 4.26. The van der Waals surface area contributed by atoms with Crippen LogP contribution in [0, 0.1) is 6.92 Å². The van der Waals surface area contributed by atoms with Gasteiger partial charge in [0.05, 0.1) is 5.52 Å². The van der Waals surface area contributed by atoms with Gasteiger partial charge in [-0.25, -0.2) is 0 Å². The molecule has 2 aromatic rings. The number of phenols is 1. The average molecular weight is 314 g/mol. The summed E-state index contributed by atoms with van der Waals surface area (Å²) in [5, 5.41) is 16.6. The fourth-order valence-corrected chi connectivity index (χ4v) is 3.07. The quantitative estimate of drug-likeness (QED) is 0.339. The lowest BCUT2D eigenvalue weighted by Crippen LogP contribution is -2.25. The molecule has 0 spiro atoms. The maximum atomic E-state index is 12.4. The summed E-state index contributed by atoms with van der Waals surface area (Å²) < 4.78 is 1.84. The molecule has 1 aromatic heterocycles. The molecule has 0 radical (unpaired) electrons. The number of ketones is 1. The zero-order valence-electron chi connectivity index (χ0n) is 12.8. The number of hydrogen-bond donors (Lipinski definition) is 3. The van der Waals surface area contributed by atoms with Crippen molar-refractivity contribution in [2.45, 2.75) is 32.7 Å². The number of carbonyl (C=O) groups is 2. The molecule has 7 heteroatoms. The van der Waals surface area contributed by atoms with Gasteiger partial charge in [0.1, 0.15) is 17.8 Å². The molecular weight excluding hydrogens is 296 g/mol. The van der Waals surface area contributed by atoms with Crippen molar-refractivity contribution in [1.29, 1.82) is 0 Å². The molecular formula is C16H18N4O3. The fourth-order valence-electron chi connectivity index (χ4n) is 3.07. The van der Waals surface area contributed by atoms with Gasteiger partial charge in [0, 0.05) is 29.5 Å². The number of amides is 1. The molecule has 1 aliphatic rings. The van der Waals surface area contributed by atoms with Crippen LogP contribution in [0.25, 0.3) is 10.9 Å². The number of hydrogen-bond acceptors (Lipinski definition) is 5. The first kappa shape index (κ1) is 15.1. The van der Waals surface area contributed by atoms with Crippen molar-refractivity contribution in [3.63, 3.8) is 0 Å². The third kappa shape index (κ3) is 2.44. The number of aromatic hydroxyl groups is 1. The lowest BCUT2D eigenvalue weighted by atomic mass is 9.98. The van der Waals surface area contributed by atoms with Crippen LogP contribution in [0.4, 0.5) is 0 Å². The van der Waals surface area contributed by atoms with Crippen molar-refractivity contribution in [2.24, 2.45) is 10.9 Å². The van der Waals surface area contributed by atoms with E-state index >= 15 is 0 Å². The molecule has 4 N–H and O–H groups in total. The zero-order chi connectivity index (χ0) is 16.6. The number of benzene rings is 1. The van der Waals surface area contributed by atoms with Crippen LogP contribution in [0.1, 0.15) is 45.7 Å². The van der Waals surface area contributed by atoms with E-state index in [9.17, 15) is 14.7 Å². The lowest BCUT2D eigenvalue weighted by Gasteiger charge is -2.16. The van der Waals surface area contributed by atoms with Crippen molar-refractivity contribution in [2.75, 3.05) is 0 Å². The second-order valence-corrected chi connectivity index (χ2v) is 5.64. The van der Waals surface area contributed by atoms with Crippen LogP contribution in [0.5, 0.6) is 5.75 Å². The molecule has 0 aliphatic carbocycles. The van der Waals surface area contributed by atoms with Crippen molar-refractivity contribution in [1.82, 2.24) is 9.88 Å². The van der Waals surface area contributed by atoms with E-state index in [-0.39, 0.29) is 17.4 Å². The number of carbonyl (C=O) groups excluding carboxylic acids is 2. The summed E-state index contributed by atoms with van der Waals surface area (Å²) in [6.45, 7) is 2.40. The summed E-state index contributed by atoms with van der Waals surface area (Å²) in [4.78, 5) is 24.7. The second kappa shape index (κ2) is 5.75. The monoisotopic (exact) mass is 314 g/mol. The number of hydrazone groups is 1. The Labute approximate surface area is 132 Å². The molecule has 0 saturated heterocycles. The lowest BCUT2D eigenvalue weighted by molar-refractivity contribution is 0.0958.